The van der Waals surface area contributed by atoms with E-state index in [1.807, 2.05) is 36.4 Å². The van der Waals surface area contributed by atoms with Crippen molar-refractivity contribution in [3.63, 3.8) is 0 Å². The van der Waals surface area contributed by atoms with Gasteiger partial charge in [-0.1, -0.05) is 72.8 Å². The fourth-order valence-corrected chi connectivity index (χ4v) is 4.44. The molecule has 0 aliphatic rings. The highest BCUT2D eigenvalue weighted by Gasteiger charge is 2.12. The number of hydrogen-bond acceptors (Lipinski definition) is 4. The van der Waals surface area contributed by atoms with E-state index in [4.69, 9.17) is 15.0 Å². The molecule has 6 rings (SSSR count). The summed E-state index contributed by atoms with van der Waals surface area (Å²) in [6.45, 7) is 2.15. The molecule has 0 saturated carbocycles. The summed E-state index contributed by atoms with van der Waals surface area (Å²) in [5.74, 6) is 0. The first-order valence-corrected chi connectivity index (χ1v) is 11.6. The molecule has 3 aromatic heterocycles. The molecule has 0 N–H and O–H groups in total. The standard InChI is InChI=1S/C30H24N4/c1-4-10-28-22(7-1)13-16-25(31-28)19-34(20-26-17-14-23-8-2-5-11-29(23)32-26)21-27-18-15-24-9-3-6-12-30(24)33-27/h1-18H,19-21H2. The number of benzene rings is 3. The molecule has 0 aliphatic heterocycles. The van der Waals surface area contributed by atoms with Gasteiger partial charge in [-0.15, -0.1) is 0 Å². The average molecular weight is 441 g/mol. The summed E-state index contributed by atoms with van der Waals surface area (Å²) in [7, 11) is 0. The number of para-hydroxylation sites is 3. The van der Waals surface area contributed by atoms with E-state index in [0.717, 1.165) is 49.8 Å². The minimum absolute atomic E-state index is 0.716. The third-order valence-corrected chi connectivity index (χ3v) is 6.13. The Morgan fingerprint density at radius 3 is 1.06 bits per heavy atom. The van der Waals surface area contributed by atoms with Crippen LogP contribution in [0.5, 0.6) is 0 Å². The number of nitrogens with zero attached hydrogens (tertiary/aromatic N) is 4. The number of pyridine rings is 3. The fraction of sp³-hybridized carbons (Fsp3) is 0.100. The molecule has 0 saturated heterocycles. The fourth-order valence-electron chi connectivity index (χ4n) is 4.44. The second kappa shape index (κ2) is 9.00. The van der Waals surface area contributed by atoms with Crippen LogP contribution in [0.4, 0.5) is 0 Å². The molecule has 34 heavy (non-hydrogen) atoms. The molecule has 6 aromatic rings. The lowest BCUT2D eigenvalue weighted by molar-refractivity contribution is 0.239. The quantitative estimate of drug-likeness (QED) is 0.295. The number of hydrogen-bond donors (Lipinski definition) is 0. The maximum absolute atomic E-state index is 4.92. The largest absolute Gasteiger partial charge is 0.286 e. The first-order chi connectivity index (χ1) is 16.8. The van der Waals surface area contributed by atoms with E-state index in [2.05, 4.69) is 77.7 Å². The highest BCUT2D eigenvalue weighted by Crippen LogP contribution is 2.19. The summed E-state index contributed by atoms with van der Waals surface area (Å²) < 4.78 is 0. The van der Waals surface area contributed by atoms with Gasteiger partial charge in [-0.3, -0.25) is 19.9 Å². The monoisotopic (exact) mass is 440 g/mol. The van der Waals surface area contributed by atoms with E-state index in [9.17, 15) is 0 Å². The summed E-state index contributed by atoms with van der Waals surface area (Å²) in [6, 6.07) is 37.6. The zero-order chi connectivity index (χ0) is 22.7. The first-order valence-electron chi connectivity index (χ1n) is 11.6. The zero-order valence-corrected chi connectivity index (χ0v) is 18.8. The maximum atomic E-state index is 4.92. The summed E-state index contributed by atoms with van der Waals surface area (Å²) in [5.41, 5.74) is 6.19. The van der Waals surface area contributed by atoms with Crippen LogP contribution in [0, 0.1) is 0 Å². The van der Waals surface area contributed by atoms with Crippen LogP contribution in [-0.2, 0) is 19.6 Å². The molecule has 0 spiro atoms. The molecular weight excluding hydrogens is 416 g/mol. The summed E-state index contributed by atoms with van der Waals surface area (Å²) in [5, 5.41) is 3.47. The predicted molar refractivity (Wildman–Crippen MR) is 138 cm³/mol. The SMILES string of the molecule is c1ccc2nc(CN(Cc3ccc4ccccc4n3)Cc3ccc4ccccc4n3)ccc2c1. The number of aromatic nitrogens is 3. The van der Waals surface area contributed by atoms with Gasteiger partial charge in [-0.2, -0.15) is 0 Å². The predicted octanol–water partition coefficient (Wildman–Crippen LogP) is 6.53. The van der Waals surface area contributed by atoms with Crippen LogP contribution in [0.25, 0.3) is 32.7 Å². The molecule has 3 aromatic carbocycles. The summed E-state index contributed by atoms with van der Waals surface area (Å²) in [6.07, 6.45) is 0. The molecule has 0 fully saturated rings. The lowest BCUT2D eigenvalue weighted by atomic mass is 10.1. The molecule has 0 radical (unpaired) electrons. The Balaban J connectivity index is 1.33. The van der Waals surface area contributed by atoms with Crippen molar-refractivity contribution in [3.8, 4) is 0 Å². The van der Waals surface area contributed by atoms with Crippen molar-refractivity contribution < 1.29 is 0 Å². The molecule has 0 atom stereocenters. The van der Waals surface area contributed by atoms with Crippen LogP contribution in [0.15, 0.2) is 109 Å². The molecule has 164 valence electrons. The van der Waals surface area contributed by atoms with Gasteiger partial charge >= 0.3 is 0 Å². The lowest BCUT2D eigenvalue weighted by Gasteiger charge is -2.22. The highest BCUT2D eigenvalue weighted by atomic mass is 15.1. The average Bonchev–Trinajstić information content (AvgIpc) is 2.88. The number of fused-ring (bicyclic) bond motifs is 3. The number of rotatable bonds is 6. The van der Waals surface area contributed by atoms with Crippen LogP contribution >= 0.6 is 0 Å². The normalized spacial score (nSPS) is 11.6. The Bertz CT molecular complexity index is 1420. The van der Waals surface area contributed by atoms with Crippen LogP contribution < -0.4 is 0 Å². The molecule has 4 nitrogen and oxygen atoms in total. The van der Waals surface area contributed by atoms with E-state index in [-0.39, 0.29) is 0 Å². The maximum Gasteiger partial charge on any atom is 0.0705 e. The van der Waals surface area contributed by atoms with E-state index in [1.165, 1.54) is 0 Å². The van der Waals surface area contributed by atoms with Gasteiger partial charge in [-0.25, -0.2) is 0 Å². The smallest absolute Gasteiger partial charge is 0.0705 e. The molecule has 0 aliphatic carbocycles. The highest BCUT2D eigenvalue weighted by molar-refractivity contribution is 5.79. The van der Waals surface area contributed by atoms with E-state index < -0.39 is 0 Å². The van der Waals surface area contributed by atoms with Crippen LogP contribution in [0.3, 0.4) is 0 Å². The molecule has 0 amide bonds. The van der Waals surface area contributed by atoms with Gasteiger partial charge in [0.25, 0.3) is 0 Å². The van der Waals surface area contributed by atoms with Crippen LogP contribution in [0.2, 0.25) is 0 Å². The van der Waals surface area contributed by atoms with Crippen molar-refractivity contribution in [1.82, 2.24) is 19.9 Å². The Morgan fingerprint density at radius 1 is 0.382 bits per heavy atom. The minimum atomic E-state index is 0.716. The van der Waals surface area contributed by atoms with E-state index in [0.29, 0.717) is 19.6 Å². The topological polar surface area (TPSA) is 41.9 Å². The third-order valence-electron chi connectivity index (χ3n) is 6.13. The van der Waals surface area contributed by atoms with Crippen molar-refractivity contribution >= 4 is 32.7 Å². The third kappa shape index (κ3) is 4.36. The van der Waals surface area contributed by atoms with Gasteiger partial charge in [-0.05, 0) is 36.4 Å². The van der Waals surface area contributed by atoms with Crippen molar-refractivity contribution in [3.05, 3.63) is 126 Å². The Kier molecular flexibility index (Phi) is 5.42. The first kappa shape index (κ1) is 20.5. The zero-order valence-electron chi connectivity index (χ0n) is 18.8. The molecule has 4 heteroatoms. The Labute approximate surface area is 198 Å². The van der Waals surface area contributed by atoms with E-state index >= 15 is 0 Å². The van der Waals surface area contributed by atoms with Crippen molar-refractivity contribution in [2.24, 2.45) is 0 Å². The van der Waals surface area contributed by atoms with Gasteiger partial charge in [0, 0.05) is 35.8 Å². The second-order valence-electron chi connectivity index (χ2n) is 8.63. The molecule has 0 bridgehead atoms. The second-order valence-corrected chi connectivity index (χ2v) is 8.63. The minimum Gasteiger partial charge on any atom is -0.286 e. The Morgan fingerprint density at radius 2 is 0.706 bits per heavy atom. The van der Waals surface area contributed by atoms with Crippen molar-refractivity contribution in [2.45, 2.75) is 19.6 Å². The summed E-state index contributed by atoms with van der Waals surface area (Å²) in [4.78, 5) is 17.1. The lowest BCUT2D eigenvalue weighted by Crippen LogP contribution is -2.24. The van der Waals surface area contributed by atoms with Gasteiger partial charge in [0.1, 0.15) is 0 Å². The Hall–Kier alpha value is -4.15. The molecular formula is C30H24N4. The van der Waals surface area contributed by atoms with E-state index in [1.54, 1.807) is 0 Å². The summed E-state index contributed by atoms with van der Waals surface area (Å²) >= 11 is 0. The van der Waals surface area contributed by atoms with Gasteiger partial charge < -0.3 is 0 Å². The van der Waals surface area contributed by atoms with Gasteiger partial charge in [0.05, 0.1) is 33.6 Å². The molecule has 3 heterocycles. The van der Waals surface area contributed by atoms with Crippen LogP contribution in [0.1, 0.15) is 17.1 Å². The van der Waals surface area contributed by atoms with Gasteiger partial charge in [0.2, 0.25) is 0 Å². The van der Waals surface area contributed by atoms with Crippen molar-refractivity contribution in [2.75, 3.05) is 0 Å². The molecule has 0 unspecified atom stereocenters. The van der Waals surface area contributed by atoms with Gasteiger partial charge in [0.15, 0.2) is 0 Å². The van der Waals surface area contributed by atoms with Crippen LogP contribution in [-0.4, -0.2) is 19.9 Å². The van der Waals surface area contributed by atoms with Crippen molar-refractivity contribution in [1.29, 1.82) is 0 Å².